The molecule has 1 saturated heterocycles. The van der Waals surface area contributed by atoms with Gasteiger partial charge in [0.05, 0.1) is 24.4 Å². The van der Waals surface area contributed by atoms with Gasteiger partial charge in [-0.2, -0.15) is 0 Å². The van der Waals surface area contributed by atoms with Crippen LogP contribution in [0.15, 0.2) is 30.5 Å². The molecule has 10 nitrogen and oxygen atoms in total. The van der Waals surface area contributed by atoms with E-state index in [1.54, 1.807) is 23.2 Å². The molecule has 0 saturated carbocycles. The van der Waals surface area contributed by atoms with Crippen molar-refractivity contribution in [1.29, 1.82) is 0 Å². The zero-order chi connectivity index (χ0) is 23.5. The first-order valence-corrected chi connectivity index (χ1v) is 11.3. The Morgan fingerprint density at radius 2 is 2.09 bits per heavy atom. The zero-order valence-corrected chi connectivity index (χ0v) is 18.9. The Kier molecular flexibility index (Phi) is 6.75. The summed E-state index contributed by atoms with van der Waals surface area (Å²) in [6.45, 7) is 5.01. The maximum Gasteiger partial charge on any atom is 0.329 e. The fourth-order valence-electron chi connectivity index (χ4n) is 4.23. The van der Waals surface area contributed by atoms with E-state index < -0.39 is 6.10 Å². The van der Waals surface area contributed by atoms with Gasteiger partial charge in [-0.05, 0) is 62.9 Å². The van der Waals surface area contributed by atoms with Gasteiger partial charge in [0, 0.05) is 25.3 Å². The van der Waals surface area contributed by atoms with Crippen molar-refractivity contribution in [2.75, 3.05) is 34.8 Å². The van der Waals surface area contributed by atoms with Crippen LogP contribution >= 0.6 is 0 Å². The second-order valence-electron chi connectivity index (χ2n) is 8.78. The minimum Gasteiger partial charge on any atom is -0.394 e. The van der Waals surface area contributed by atoms with E-state index in [-0.39, 0.29) is 36.3 Å². The molecule has 176 valence electrons. The second-order valence-corrected chi connectivity index (χ2v) is 8.78. The van der Waals surface area contributed by atoms with Crippen molar-refractivity contribution < 1.29 is 19.8 Å². The van der Waals surface area contributed by atoms with Crippen LogP contribution in [0.5, 0.6) is 0 Å². The quantitative estimate of drug-likeness (QED) is 0.499. The normalized spacial score (nSPS) is 17.7. The molecule has 10 heteroatoms. The number of aliphatic hydroxyl groups excluding tert-OH is 2. The minimum atomic E-state index is -0.778. The highest BCUT2D eigenvalue weighted by atomic mass is 16.3. The summed E-state index contributed by atoms with van der Waals surface area (Å²) in [6, 6.07) is 6.70. The summed E-state index contributed by atoms with van der Waals surface area (Å²) in [6.07, 6.45) is 2.59. The Balaban J connectivity index is 1.56. The van der Waals surface area contributed by atoms with Crippen LogP contribution in [0, 0.1) is 0 Å². The van der Waals surface area contributed by atoms with Gasteiger partial charge >= 0.3 is 6.03 Å². The topological polar surface area (TPSA) is 131 Å². The van der Waals surface area contributed by atoms with Gasteiger partial charge in [0.2, 0.25) is 0 Å². The number of pyridine rings is 2. The van der Waals surface area contributed by atoms with Gasteiger partial charge in [-0.3, -0.25) is 15.0 Å². The third-order valence-corrected chi connectivity index (χ3v) is 5.86. The standard InChI is InChI=1S/C23H30N6O4/c1-14(2)25-22(32)18-5-6-19-21(26-18)29(16-8-10-28(19)12-16)23(33)27-20-11-15(7-9-24-20)3-4-17(31)13-30/h5-7,9,11,14,16-17,30-31H,3-4,8,10,12-13H2,1-2H3,(H,25,32)(H,24,27,33)/t16-,17?/m0/s1. The predicted octanol–water partition coefficient (Wildman–Crippen LogP) is 1.53. The van der Waals surface area contributed by atoms with Crippen LogP contribution in [0.2, 0.25) is 0 Å². The average Bonchev–Trinajstić information content (AvgIpc) is 3.21. The van der Waals surface area contributed by atoms with Crippen LogP contribution in [0.25, 0.3) is 0 Å². The summed E-state index contributed by atoms with van der Waals surface area (Å²) in [5.74, 6) is 0.590. The SMILES string of the molecule is CC(C)NC(=O)c1ccc2c(n1)N(C(=O)Nc1cc(CCC(O)CO)ccn1)[C@H]1CCN2C1. The number of aliphatic hydroxyl groups is 2. The molecule has 0 radical (unpaired) electrons. The number of urea groups is 1. The van der Waals surface area contributed by atoms with Crippen molar-refractivity contribution >= 4 is 29.3 Å². The maximum atomic E-state index is 13.3. The molecular weight excluding hydrogens is 424 g/mol. The molecule has 0 aromatic carbocycles. The first-order chi connectivity index (χ1) is 15.9. The molecule has 0 aliphatic carbocycles. The number of fused-ring (bicyclic) bond motifs is 4. The van der Waals surface area contributed by atoms with Gasteiger partial charge in [-0.25, -0.2) is 14.8 Å². The molecule has 2 aliphatic heterocycles. The van der Waals surface area contributed by atoms with Crippen molar-refractivity contribution in [3.8, 4) is 0 Å². The Morgan fingerprint density at radius 1 is 1.27 bits per heavy atom. The summed E-state index contributed by atoms with van der Waals surface area (Å²) in [5.41, 5.74) is 2.00. The maximum absolute atomic E-state index is 13.3. The van der Waals surface area contributed by atoms with Gasteiger partial charge in [-0.15, -0.1) is 0 Å². The molecule has 1 unspecified atom stereocenters. The smallest absolute Gasteiger partial charge is 0.329 e. The van der Waals surface area contributed by atoms with E-state index >= 15 is 0 Å². The average molecular weight is 455 g/mol. The van der Waals surface area contributed by atoms with Crippen LogP contribution in [0.4, 0.5) is 22.1 Å². The van der Waals surface area contributed by atoms with Gasteiger partial charge in [0.15, 0.2) is 5.82 Å². The van der Waals surface area contributed by atoms with E-state index in [0.717, 1.165) is 24.2 Å². The third kappa shape index (κ3) is 5.07. The molecule has 0 spiro atoms. The van der Waals surface area contributed by atoms with E-state index in [0.29, 0.717) is 31.0 Å². The van der Waals surface area contributed by atoms with Crippen LogP contribution in [-0.2, 0) is 6.42 Å². The molecule has 2 aromatic heterocycles. The van der Waals surface area contributed by atoms with Gasteiger partial charge in [0.1, 0.15) is 11.5 Å². The molecule has 3 amide bonds. The highest BCUT2D eigenvalue weighted by Gasteiger charge is 2.40. The number of carbonyl (C=O) groups is 2. The predicted molar refractivity (Wildman–Crippen MR) is 125 cm³/mol. The van der Waals surface area contributed by atoms with E-state index in [1.807, 2.05) is 26.0 Å². The zero-order valence-electron chi connectivity index (χ0n) is 18.9. The van der Waals surface area contributed by atoms with Crippen LogP contribution < -0.4 is 20.4 Å². The number of rotatable bonds is 7. The lowest BCUT2D eigenvalue weighted by Gasteiger charge is -2.35. The molecule has 33 heavy (non-hydrogen) atoms. The summed E-state index contributed by atoms with van der Waals surface area (Å²) in [5, 5.41) is 24.3. The van der Waals surface area contributed by atoms with Gasteiger partial charge in [0.25, 0.3) is 5.91 Å². The van der Waals surface area contributed by atoms with Crippen molar-refractivity contribution in [1.82, 2.24) is 15.3 Å². The Hall–Kier alpha value is -3.24. The van der Waals surface area contributed by atoms with E-state index in [9.17, 15) is 14.7 Å². The highest BCUT2D eigenvalue weighted by Crippen LogP contribution is 2.39. The lowest BCUT2D eigenvalue weighted by atomic mass is 10.1. The molecule has 4 N–H and O–H groups in total. The lowest BCUT2D eigenvalue weighted by molar-refractivity contribution is 0.0886. The molecule has 4 heterocycles. The lowest BCUT2D eigenvalue weighted by Crippen LogP contribution is -2.48. The first-order valence-electron chi connectivity index (χ1n) is 11.3. The minimum absolute atomic E-state index is 0.0218. The van der Waals surface area contributed by atoms with E-state index in [1.165, 1.54) is 0 Å². The highest BCUT2D eigenvalue weighted by molar-refractivity contribution is 6.05. The first kappa shape index (κ1) is 22.9. The van der Waals surface area contributed by atoms with E-state index in [2.05, 4.69) is 25.5 Å². The van der Waals surface area contributed by atoms with Gasteiger partial charge in [-0.1, -0.05) is 0 Å². The number of hydrogen-bond donors (Lipinski definition) is 4. The number of amides is 3. The Morgan fingerprint density at radius 3 is 2.85 bits per heavy atom. The van der Waals surface area contributed by atoms with Crippen LogP contribution in [0.3, 0.4) is 0 Å². The summed E-state index contributed by atoms with van der Waals surface area (Å²) < 4.78 is 0. The number of hydrogen-bond acceptors (Lipinski definition) is 7. The van der Waals surface area contributed by atoms with Crippen LogP contribution in [0.1, 0.15) is 42.7 Å². The van der Waals surface area contributed by atoms with Crippen LogP contribution in [-0.4, -0.2) is 70.0 Å². The summed E-state index contributed by atoms with van der Waals surface area (Å²) >= 11 is 0. The Bertz CT molecular complexity index is 1030. The Labute approximate surface area is 192 Å². The largest absolute Gasteiger partial charge is 0.394 e. The monoisotopic (exact) mass is 454 g/mol. The molecule has 2 aliphatic rings. The number of carbonyl (C=O) groups excluding carboxylic acids is 2. The molecular formula is C23H30N6O4. The number of nitrogens with one attached hydrogen (secondary N) is 2. The fourth-order valence-corrected chi connectivity index (χ4v) is 4.23. The summed E-state index contributed by atoms with van der Waals surface area (Å²) in [4.78, 5) is 38.5. The second kappa shape index (κ2) is 9.72. The van der Waals surface area contributed by atoms with E-state index in [4.69, 9.17) is 5.11 Å². The third-order valence-electron chi connectivity index (χ3n) is 5.86. The fraction of sp³-hybridized carbons (Fsp3) is 0.478. The number of nitrogens with zero attached hydrogens (tertiary/aromatic N) is 4. The van der Waals surface area contributed by atoms with Crippen molar-refractivity contribution in [3.05, 3.63) is 41.7 Å². The number of aromatic nitrogens is 2. The van der Waals surface area contributed by atoms with Crippen molar-refractivity contribution in [3.63, 3.8) is 0 Å². The molecule has 2 atom stereocenters. The number of aryl methyl sites for hydroxylation is 1. The number of anilines is 3. The molecule has 2 bridgehead atoms. The van der Waals surface area contributed by atoms with Crippen molar-refractivity contribution in [2.45, 2.75) is 51.3 Å². The van der Waals surface area contributed by atoms with Crippen molar-refractivity contribution in [2.24, 2.45) is 0 Å². The molecule has 2 aromatic rings. The molecule has 1 fully saturated rings. The summed E-state index contributed by atoms with van der Waals surface area (Å²) in [7, 11) is 0. The van der Waals surface area contributed by atoms with Gasteiger partial charge < -0.3 is 20.4 Å². The molecule has 4 rings (SSSR count).